The van der Waals surface area contributed by atoms with Gasteiger partial charge in [-0.15, -0.1) is 0 Å². The lowest BCUT2D eigenvalue weighted by atomic mass is 9.82. The van der Waals surface area contributed by atoms with Crippen LogP contribution in [-0.4, -0.2) is 44.0 Å². The Labute approximate surface area is 183 Å². The minimum Gasteiger partial charge on any atom is -0.497 e. The average molecular weight is 423 g/mol. The zero-order chi connectivity index (χ0) is 21.8. The average Bonchev–Trinajstić information content (AvgIpc) is 2.84. The number of anilines is 1. The molecule has 2 fully saturated rings. The number of carbonyl (C=O) groups excluding carboxylic acids is 2. The van der Waals surface area contributed by atoms with E-state index in [1.54, 1.807) is 19.1 Å². The van der Waals surface area contributed by atoms with Crippen molar-refractivity contribution in [3.05, 3.63) is 54.1 Å². The Bertz CT molecular complexity index is 904. The van der Waals surface area contributed by atoms with E-state index in [-0.39, 0.29) is 23.8 Å². The number of likely N-dealkylation sites (tertiary alicyclic amines) is 1. The fraction of sp³-hybridized carbons (Fsp3) is 0.440. The van der Waals surface area contributed by atoms with Gasteiger partial charge in [-0.05, 0) is 67.6 Å². The van der Waals surface area contributed by atoms with Crippen molar-refractivity contribution >= 4 is 17.5 Å². The van der Waals surface area contributed by atoms with Crippen LogP contribution in [0, 0.1) is 5.92 Å². The molecule has 0 N–H and O–H groups in total. The second-order valence-electron chi connectivity index (χ2n) is 8.21. The van der Waals surface area contributed by atoms with Crippen LogP contribution in [-0.2, 0) is 9.59 Å². The molecule has 0 saturated carbocycles. The van der Waals surface area contributed by atoms with E-state index >= 15 is 0 Å². The summed E-state index contributed by atoms with van der Waals surface area (Å²) in [6, 6.07) is 14.8. The molecule has 31 heavy (non-hydrogen) atoms. The molecule has 2 saturated heterocycles. The third-order valence-electron chi connectivity index (χ3n) is 6.39. The molecule has 0 aromatic heterocycles. The van der Waals surface area contributed by atoms with E-state index < -0.39 is 0 Å². The SMILES string of the molecule is COc1ccc(C2C(C(=O)N3CCCCC3)CCC(=O)N2c2ccc(OC)cc2)cc1. The summed E-state index contributed by atoms with van der Waals surface area (Å²) in [5, 5.41) is 0. The van der Waals surface area contributed by atoms with Crippen LogP contribution in [0.25, 0.3) is 0 Å². The number of nitrogens with zero attached hydrogens (tertiary/aromatic N) is 2. The van der Waals surface area contributed by atoms with Gasteiger partial charge in [-0.2, -0.15) is 0 Å². The van der Waals surface area contributed by atoms with Gasteiger partial charge < -0.3 is 19.3 Å². The summed E-state index contributed by atoms with van der Waals surface area (Å²) in [5.41, 5.74) is 1.72. The maximum absolute atomic E-state index is 13.6. The zero-order valence-corrected chi connectivity index (χ0v) is 18.3. The predicted octanol–water partition coefficient (Wildman–Crippen LogP) is 4.20. The summed E-state index contributed by atoms with van der Waals surface area (Å²) >= 11 is 0. The predicted molar refractivity (Wildman–Crippen MR) is 119 cm³/mol. The van der Waals surface area contributed by atoms with E-state index in [1.165, 1.54) is 6.42 Å². The van der Waals surface area contributed by atoms with Gasteiger partial charge >= 0.3 is 0 Å². The lowest BCUT2D eigenvalue weighted by Gasteiger charge is -2.43. The molecule has 2 aliphatic rings. The van der Waals surface area contributed by atoms with Crippen LogP contribution in [0.15, 0.2) is 48.5 Å². The van der Waals surface area contributed by atoms with Crippen molar-refractivity contribution in [1.29, 1.82) is 0 Å². The Balaban J connectivity index is 1.74. The molecule has 4 rings (SSSR count). The van der Waals surface area contributed by atoms with Gasteiger partial charge in [0.1, 0.15) is 11.5 Å². The molecular formula is C25H30N2O4. The first-order valence-corrected chi connectivity index (χ1v) is 11.0. The largest absolute Gasteiger partial charge is 0.497 e. The molecular weight excluding hydrogens is 392 g/mol. The maximum atomic E-state index is 13.6. The van der Waals surface area contributed by atoms with Crippen molar-refractivity contribution in [2.24, 2.45) is 5.92 Å². The number of methoxy groups -OCH3 is 2. The number of benzene rings is 2. The lowest BCUT2D eigenvalue weighted by molar-refractivity contribution is -0.139. The molecule has 0 spiro atoms. The highest BCUT2D eigenvalue weighted by Gasteiger charge is 2.43. The second kappa shape index (κ2) is 9.41. The van der Waals surface area contributed by atoms with Crippen molar-refractivity contribution in [2.75, 3.05) is 32.2 Å². The van der Waals surface area contributed by atoms with E-state index in [9.17, 15) is 9.59 Å². The molecule has 0 aliphatic carbocycles. The number of piperidine rings is 2. The normalized spacial score (nSPS) is 21.7. The molecule has 0 radical (unpaired) electrons. The van der Waals surface area contributed by atoms with Gasteiger partial charge in [0.05, 0.1) is 26.2 Å². The Morgan fingerprint density at radius 1 is 0.871 bits per heavy atom. The minimum absolute atomic E-state index is 0.0358. The van der Waals surface area contributed by atoms with Gasteiger partial charge in [-0.3, -0.25) is 9.59 Å². The summed E-state index contributed by atoms with van der Waals surface area (Å²) in [6.07, 6.45) is 4.20. The number of rotatable bonds is 5. The fourth-order valence-electron chi connectivity index (χ4n) is 4.73. The number of ether oxygens (including phenoxy) is 2. The van der Waals surface area contributed by atoms with Crippen LogP contribution in [0.5, 0.6) is 11.5 Å². The van der Waals surface area contributed by atoms with Crippen molar-refractivity contribution in [3.8, 4) is 11.5 Å². The van der Waals surface area contributed by atoms with Gasteiger partial charge in [0.25, 0.3) is 0 Å². The Hall–Kier alpha value is -3.02. The lowest BCUT2D eigenvalue weighted by Crippen LogP contribution is -2.50. The Morgan fingerprint density at radius 2 is 1.45 bits per heavy atom. The van der Waals surface area contributed by atoms with Crippen LogP contribution >= 0.6 is 0 Å². The van der Waals surface area contributed by atoms with Gasteiger partial charge in [0.15, 0.2) is 0 Å². The van der Waals surface area contributed by atoms with Crippen molar-refractivity contribution in [1.82, 2.24) is 4.90 Å². The standard InChI is InChI=1S/C25H30N2O4/c1-30-20-10-6-18(7-11-20)24-22(25(29)26-16-4-3-5-17-26)14-15-23(28)27(24)19-8-12-21(31-2)13-9-19/h6-13,22,24H,3-5,14-17H2,1-2H3. The minimum atomic E-state index is -0.352. The summed E-state index contributed by atoms with van der Waals surface area (Å²) in [5.74, 6) is 1.41. The topological polar surface area (TPSA) is 59.1 Å². The molecule has 6 heteroatoms. The second-order valence-corrected chi connectivity index (χ2v) is 8.21. The molecule has 2 atom stereocenters. The van der Waals surface area contributed by atoms with E-state index in [0.717, 1.165) is 48.7 Å². The molecule has 2 heterocycles. The van der Waals surface area contributed by atoms with Gasteiger partial charge in [-0.1, -0.05) is 12.1 Å². The third-order valence-corrected chi connectivity index (χ3v) is 6.39. The van der Waals surface area contributed by atoms with Crippen LogP contribution in [0.3, 0.4) is 0 Å². The zero-order valence-electron chi connectivity index (χ0n) is 18.3. The Morgan fingerprint density at radius 3 is 2.03 bits per heavy atom. The van der Waals surface area contributed by atoms with Crippen LogP contribution < -0.4 is 14.4 Å². The molecule has 2 aliphatic heterocycles. The summed E-state index contributed by atoms with van der Waals surface area (Å²) in [4.78, 5) is 30.5. The van der Waals surface area contributed by atoms with E-state index in [4.69, 9.17) is 9.47 Å². The summed E-state index contributed by atoms with van der Waals surface area (Å²) < 4.78 is 10.6. The fourth-order valence-corrected chi connectivity index (χ4v) is 4.73. The first-order valence-electron chi connectivity index (χ1n) is 11.0. The summed E-state index contributed by atoms with van der Waals surface area (Å²) in [6.45, 7) is 1.61. The highest BCUT2D eigenvalue weighted by Crippen LogP contribution is 2.41. The van der Waals surface area contributed by atoms with Gasteiger partial charge in [-0.25, -0.2) is 0 Å². The third kappa shape index (κ3) is 4.38. The first kappa shape index (κ1) is 21.2. The van der Waals surface area contributed by atoms with E-state index in [2.05, 4.69) is 0 Å². The molecule has 2 unspecified atom stereocenters. The molecule has 164 valence electrons. The van der Waals surface area contributed by atoms with E-state index in [1.807, 2.05) is 53.4 Å². The summed E-state index contributed by atoms with van der Waals surface area (Å²) in [7, 11) is 3.25. The Kier molecular flexibility index (Phi) is 6.44. The highest BCUT2D eigenvalue weighted by atomic mass is 16.5. The van der Waals surface area contributed by atoms with Crippen LogP contribution in [0.2, 0.25) is 0 Å². The van der Waals surface area contributed by atoms with Crippen molar-refractivity contribution in [3.63, 3.8) is 0 Å². The first-order chi connectivity index (χ1) is 15.1. The molecule has 6 nitrogen and oxygen atoms in total. The van der Waals surface area contributed by atoms with Crippen molar-refractivity contribution < 1.29 is 19.1 Å². The van der Waals surface area contributed by atoms with E-state index in [0.29, 0.717) is 12.8 Å². The monoisotopic (exact) mass is 422 g/mol. The smallest absolute Gasteiger partial charge is 0.228 e. The molecule has 0 bridgehead atoms. The highest BCUT2D eigenvalue weighted by molar-refractivity contribution is 5.97. The quantitative estimate of drug-likeness (QED) is 0.725. The maximum Gasteiger partial charge on any atom is 0.228 e. The molecule has 2 aromatic rings. The molecule has 2 amide bonds. The van der Waals surface area contributed by atoms with Crippen LogP contribution in [0.1, 0.15) is 43.7 Å². The van der Waals surface area contributed by atoms with Crippen molar-refractivity contribution in [2.45, 2.75) is 38.1 Å². The number of hydrogen-bond acceptors (Lipinski definition) is 4. The number of carbonyl (C=O) groups is 2. The van der Waals surface area contributed by atoms with Gasteiger partial charge in [0, 0.05) is 25.2 Å². The van der Waals surface area contributed by atoms with Gasteiger partial charge in [0.2, 0.25) is 11.8 Å². The number of hydrogen-bond donors (Lipinski definition) is 0. The molecule has 2 aromatic carbocycles. The van der Waals surface area contributed by atoms with Crippen LogP contribution in [0.4, 0.5) is 5.69 Å². The number of amides is 2.